The second-order valence-corrected chi connectivity index (χ2v) is 6.09. The Bertz CT molecular complexity index is 566. The molecule has 0 saturated carbocycles. The molecule has 0 radical (unpaired) electrons. The van der Waals surface area contributed by atoms with E-state index in [1.165, 1.54) is 0 Å². The zero-order chi connectivity index (χ0) is 17.2. The molecule has 0 fully saturated rings. The zero-order valence-corrected chi connectivity index (χ0v) is 14.7. The largest absolute Gasteiger partial charge is 0.361 e. The average molecular weight is 357 g/mol. The second kappa shape index (κ2) is 10.0. The zero-order valence-electron chi connectivity index (χ0n) is 13.1. The molecule has 23 heavy (non-hydrogen) atoms. The summed E-state index contributed by atoms with van der Waals surface area (Å²) in [5.74, 6) is -0.262. The van der Waals surface area contributed by atoms with Crippen molar-refractivity contribution in [1.29, 1.82) is 0 Å². The van der Waals surface area contributed by atoms with Gasteiger partial charge in [0.15, 0.2) is 5.11 Å². The van der Waals surface area contributed by atoms with E-state index in [1.807, 2.05) is 0 Å². The van der Waals surface area contributed by atoms with Gasteiger partial charge in [-0.2, -0.15) is 0 Å². The normalized spacial score (nSPS) is 10.1. The van der Waals surface area contributed by atoms with E-state index < -0.39 is 11.8 Å². The summed E-state index contributed by atoms with van der Waals surface area (Å²) in [7, 11) is 0. The molecule has 1 aromatic carbocycles. The van der Waals surface area contributed by atoms with Crippen molar-refractivity contribution in [3.05, 3.63) is 34.9 Å². The molecule has 2 amide bonds. The highest BCUT2D eigenvalue weighted by Crippen LogP contribution is 2.14. The third-order valence-corrected chi connectivity index (χ3v) is 3.43. The summed E-state index contributed by atoms with van der Waals surface area (Å²) in [5, 5.41) is 6.11. The van der Waals surface area contributed by atoms with E-state index >= 15 is 0 Å². The third kappa shape index (κ3) is 7.80. The van der Waals surface area contributed by atoms with Crippen molar-refractivity contribution >= 4 is 40.7 Å². The van der Waals surface area contributed by atoms with Crippen LogP contribution >= 0.6 is 23.8 Å². The number of thiocarbonyl (C=S) groups is 1. The Morgan fingerprint density at radius 1 is 1.17 bits per heavy atom. The molecule has 0 aromatic heterocycles. The fourth-order valence-corrected chi connectivity index (χ4v) is 1.97. The fourth-order valence-electron chi connectivity index (χ4n) is 1.59. The maximum absolute atomic E-state index is 11.9. The molecule has 0 aliphatic heterocycles. The molecule has 1 aromatic rings. The van der Waals surface area contributed by atoms with Gasteiger partial charge in [-0.3, -0.25) is 20.4 Å². The van der Waals surface area contributed by atoms with Crippen molar-refractivity contribution in [2.75, 3.05) is 13.1 Å². The number of hydrogen-bond acceptors (Lipinski definition) is 3. The SMILES string of the molecule is CC(C)CCNC(=S)NNC(=O)CNC(=O)c1ccccc1Cl. The lowest BCUT2D eigenvalue weighted by Crippen LogP contribution is -2.50. The van der Waals surface area contributed by atoms with Crippen LogP contribution in [-0.2, 0) is 4.79 Å². The summed E-state index contributed by atoms with van der Waals surface area (Å²) in [6, 6.07) is 6.62. The van der Waals surface area contributed by atoms with Crippen molar-refractivity contribution in [2.24, 2.45) is 5.92 Å². The molecule has 0 bridgehead atoms. The predicted molar refractivity (Wildman–Crippen MR) is 95.1 cm³/mol. The summed E-state index contributed by atoms with van der Waals surface area (Å²) < 4.78 is 0. The minimum absolute atomic E-state index is 0.189. The van der Waals surface area contributed by atoms with Gasteiger partial charge in [0.25, 0.3) is 11.8 Å². The van der Waals surface area contributed by atoms with Crippen LogP contribution in [0.3, 0.4) is 0 Å². The molecule has 0 aliphatic carbocycles. The Kier molecular flexibility index (Phi) is 8.36. The summed E-state index contributed by atoms with van der Waals surface area (Å²) in [6.45, 7) is 4.76. The Hall–Kier alpha value is -1.86. The molecule has 0 unspecified atom stereocenters. The monoisotopic (exact) mass is 356 g/mol. The van der Waals surface area contributed by atoms with Gasteiger partial charge >= 0.3 is 0 Å². The number of nitrogens with one attached hydrogen (secondary N) is 4. The van der Waals surface area contributed by atoms with Crippen LogP contribution in [0.15, 0.2) is 24.3 Å². The van der Waals surface area contributed by atoms with E-state index in [0.29, 0.717) is 21.6 Å². The van der Waals surface area contributed by atoms with Crippen LogP contribution in [0.25, 0.3) is 0 Å². The molecular weight excluding hydrogens is 336 g/mol. The summed E-state index contributed by atoms with van der Waals surface area (Å²) >= 11 is 10.9. The van der Waals surface area contributed by atoms with Crippen LogP contribution in [0, 0.1) is 5.92 Å². The van der Waals surface area contributed by atoms with E-state index in [1.54, 1.807) is 24.3 Å². The molecule has 8 heteroatoms. The van der Waals surface area contributed by atoms with Crippen LogP contribution in [0.2, 0.25) is 5.02 Å². The predicted octanol–water partition coefficient (Wildman–Crippen LogP) is 1.61. The van der Waals surface area contributed by atoms with Gasteiger partial charge in [-0.1, -0.05) is 37.6 Å². The maximum atomic E-state index is 11.9. The van der Waals surface area contributed by atoms with Gasteiger partial charge < -0.3 is 10.6 Å². The van der Waals surface area contributed by atoms with Gasteiger partial charge in [-0.25, -0.2) is 0 Å². The van der Waals surface area contributed by atoms with Gasteiger partial charge in [0.2, 0.25) is 0 Å². The molecule has 0 atom stereocenters. The Balaban J connectivity index is 2.25. The highest BCUT2D eigenvalue weighted by atomic mass is 35.5. The minimum Gasteiger partial charge on any atom is -0.361 e. The van der Waals surface area contributed by atoms with Gasteiger partial charge in [0.05, 0.1) is 17.1 Å². The molecule has 0 saturated heterocycles. The number of amides is 2. The van der Waals surface area contributed by atoms with Crippen molar-refractivity contribution in [3.8, 4) is 0 Å². The number of hydrazine groups is 1. The molecule has 1 rings (SSSR count). The van der Waals surface area contributed by atoms with E-state index in [0.717, 1.165) is 13.0 Å². The van der Waals surface area contributed by atoms with Crippen LogP contribution in [0.5, 0.6) is 0 Å². The van der Waals surface area contributed by atoms with E-state index in [9.17, 15) is 9.59 Å². The second-order valence-electron chi connectivity index (χ2n) is 5.27. The van der Waals surface area contributed by atoms with Gasteiger partial charge in [0, 0.05) is 6.54 Å². The van der Waals surface area contributed by atoms with E-state index in [4.69, 9.17) is 23.8 Å². The molecule has 126 valence electrons. The van der Waals surface area contributed by atoms with Crippen LogP contribution in [0.4, 0.5) is 0 Å². The topological polar surface area (TPSA) is 82.3 Å². The number of rotatable bonds is 6. The quantitative estimate of drug-likeness (QED) is 0.460. The molecule has 4 N–H and O–H groups in total. The molecule has 0 spiro atoms. The maximum Gasteiger partial charge on any atom is 0.257 e. The van der Waals surface area contributed by atoms with Crippen LogP contribution in [-0.4, -0.2) is 30.0 Å². The summed E-state index contributed by atoms with van der Waals surface area (Å²) in [4.78, 5) is 23.5. The van der Waals surface area contributed by atoms with Crippen molar-refractivity contribution in [3.63, 3.8) is 0 Å². The Morgan fingerprint density at radius 3 is 2.52 bits per heavy atom. The lowest BCUT2D eigenvalue weighted by atomic mass is 10.1. The number of benzene rings is 1. The third-order valence-electron chi connectivity index (χ3n) is 2.85. The van der Waals surface area contributed by atoms with Crippen LogP contribution < -0.4 is 21.5 Å². The number of hydrogen-bond donors (Lipinski definition) is 4. The van der Waals surface area contributed by atoms with Crippen molar-refractivity contribution in [2.45, 2.75) is 20.3 Å². The summed E-state index contributed by atoms with van der Waals surface area (Å²) in [5.41, 5.74) is 5.30. The standard InChI is InChI=1S/C15H21ClN4O2S/c1-10(2)7-8-17-15(23)20-19-13(21)9-18-14(22)11-5-3-4-6-12(11)16/h3-6,10H,7-9H2,1-2H3,(H,18,22)(H,19,21)(H2,17,20,23). The highest BCUT2D eigenvalue weighted by molar-refractivity contribution is 7.80. The van der Waals surface area contributed by atoms with Gasteiger partial charge in [-0.05, 0) is 36.7 Å². The lowest BCUT2D eigenvalue weighted by Gasteiger charge is -2.12. The lowest BCUT2D eigenvalue weighted by molar-refractivity contribution is -0.120. The van der Waals surface area contributed by atoms with Gasteiger partial charge in [0.1, 0.15) is 0 Å². The van der Waals surface area contributed by atoms with Crippen molar-refractivity contribution in [1.82, 2.24) is 21.5 Å². The first-order valence-corrected chi connectivity index (χ1v) is 8.04. The molecule has 0 aliphatic rings. The molecule has 0 heterocycles. The number of carbonyl (C=O) groups excluding carboxylic acids is 2. The number of carbonyl (C=O) groups is 2. The van der Waals surface area contributed by atoms with E-state index in [2.05, 4.69) is 35.3 Å². The fraction of sp³-hybridized carbons (Fsp3) is 0.400. The molecular formula is C15H21ClN4O2S. The van der Waals surface area contributed by atoms with E-state index in [-0.39, 0.29) is 6.54 Å². The summed E-state index contributed by atoms with van der Waals surface area (Å²) in [6.07, 6.45) is 0.976. The first-order chi connectivity index (χ1) is 10.9. The first kappa shape index (κ1) is 19.2. The van der Waals surface area contributed by atoms with Gasteiger partial charge in [-0.15, -0.1) is 0 Å². The van der Waals surface area contributed by atoms with Crippen LogP contribution in [0.1, 0.15) is 30.6 Å². The number of halogens is 1. The Morgan fingerprint density at radius 2 is 1.87 bits per heavy atom. The molecule has 6 nitrogen and oxygen atoms in total. The smallest absolute Gasteiger partial charge is 0.257 e. The average Bonchev–Trinajstić information content (AvgIpc) is 2.50. The first-order valence-electron chi connectivity index (χ1n) is 7.25. The van der Waals surface area contributed by atoms with Crippen molar-refractivity contribution < 1.29 is 9.59 Å². The Labute approximate surface area is 146 Å². The minimum atomic E-state index is -0.418. The highest BCUT2D eigenvalue weighted by Gasteiger charge is 2.10.